The molecule has 0 atom stereocenters. The summed E-state index contributed by atoms with van der Waals surface area (Å²) in [5.41, 5.74) is 5.84. The zero-order valence-corrected chi connectivity index (χ0v) is 17.0. The molecule has 152 valence electrons. The van der Waals surface area contributed by atoms with E-state index >= 15 is 0 Å². The Kier molecular flexibility index (Phi) is 5.28. The summed E-state index contributed by atoms with van der Waals surface area (Å²) in [7, 11) is 0. The van der Waals surface area contributed by atoms with Crippen molar-refractivity contribution in [3.63, 3.8) is 0 Å². The third-order valence-corrected chi connectivity index (χ3v) is 5.78. The molecule has 3 aromatic rings. The van der Waals surface area contributed by atoms with Gasteiger partial charge < -0.3 is 4.74 Å². The van der Waals surface area contributed by atoms with Crippen molar-refractivity contribution in [1.82, 2.24) is 14.9 Å². The van der Waals surface area contributed by atoms with Crippen LogP contribution in [0.15, 0.2) is 60.8 Å². The first-order chi connectivity index (χ1) is 14.7. The smallest absolute Gasteiger partial charge is 0.310 e. The highest BCUT2D eigenvalue weighted by molar-refractivity contribution is 5.74. The third-order valence-electron chi connectivity index (χ3n) is 5.78. The van der Waals surface area contributed by atoms with Crippen molar-refractivity contribution in [3.05, 3.63) is 83.2 Å². The lowest BCUT2D eigenvalue weighted by atomic mass is 10.0. The van der Waals surface area contributed by atoms with Gasteiger partial charge in [0.25, 0.3) is 0 Å². The average Bonchev–Trinajstić information content (AvgIpc) is 3.64. The minimum absolute atomic E-state index is 0.0527. The summed E-state index contributed by atoms with van der Waals surface area (Å²) in [6.45, 7) is 1.93. The van der Waals surface area contributed by atoms with Crippen LogP contribution >= 0.6 is 0 Å². The van der Waals surface area contributed by atoms with Crippen molar-refractivity contribution in [2.75, 3.05) is 13.3 Å². The predicted octanol–water partition coefficient (Wildman–Crippen LogP) is 4.00. The molecule has 5 rings (SSSR count). The Morgan fingerprint density at radius 2 is 1.80 bits per heavy atom. The predicted molar refractivity (Wildman–Crippen MR) is 115 cm³/mol. The van der Waals surface area contributed by atoms with Gasteiger partial charge >= 0.3 is 5.97 Å². The summed E-state index contributed by atoms with van der Waals surface area (Å²) >= 11 is 0. The van der Waals surface area contributed by atoms with E-state index in [2.05, 4.69) is 58.4 Å². The molecular formula is C25H25N3O2. The van der Waals surface area contributed by atoms with Gasteiger partial charge in [-0.1, -0.05) is 54.6 Å². The Morgan fingerprint density at radius 3 is 2.57 bits per heavy atom. The van der Waals surface area contributed by atoms with Crippen LogP contribution in [-0.2, 0) is 28.9 Å². The second kappa shape index (κ2) is 8.36. The largest absolute Gasteiger partial charge is 0.449 e. The van der Waals surface area contributed by atoms with Crippen LogP contribution in [0.2, 0.25) is 0 Å². The standard InChI is InChI=1S/C25H25N3O2/c29-25(21-10-11-21)30-17-28-13-12-23-22(16-28)15-26-24(27-23)20-8-6-19(7-9-20)14-18-4-2-1-3-5-18/h1-9,15,21H,10-14,16-17H2. The second-order valence-corrected chi connectivity index (χ2v) is 8.19. The summed E-state index contributed by atoms with van der Waals surface area (Å²) in [6.07, 6.45) is 5.65. The molecule has 30 heavy (non-hydrogen) atoms. The number of benzene rings is 2. The van der Waals surface area contributed by atoms with Crippen molar-refractivity contribution in [3.8, 4) is 11.4 Å². The van der Waals surface area contributed by atoms with Crippen LogP contribution in [0, 0.1) is 5.92 Å². The molecule has 1 aliphatic heterocycles. The molecule has 5 heteroatoms. The molecule has 1 saturated carbocycles. The van der Waals surface area contributed by atoms with E-state index in [1.54, 1.807) is 0 Å². The Balaban J connectivity index is 1.23. The molecule has 5 nitrogen and oxygen atoms in total. The molecule has 0 unspecified atom stereocenters. The molecule has 1 fully saturated rings. The van der Waals surface area contributed by atoms with Gasteiger partial charge in [-0.25, -0.2) is 9.97 Å². The van der Waals surface area contributed by atoms with Crippen molar-refractivity contribution in [2.45, 2.75) is 32.2 Å². The number of carbonyl (C=O) groups is 1. The Bertz CT molecular complexity index is 1030. The number of ether oxygens (including phenoxy) is 1. The van der Waals surface area contributed by atoms with E-state index in [-0.39, 0.29) is 11.9 Å². The van der Waals surface area contributed by atoms with Gasteiger partial charge in [0.1, 0.15) is 6.73 Å². The molecule has 2 aromatic carbocycles. The van der Waals surface area contributed by atoms with E-state index in [0.29, 0.717) is 6.73 Å². The Hall–Kier alpha value is -3.05. The average molecular weight is 399 g/mol. The van der Waals surface area contributed by atoms with Gasteiger partial charge in [-0.3, -0.25) is 9.69 Å². The van der Waals surface area contributed by atoms with E-state index < -0.39 is 0 Å². The van der Waals surface area contributed by atoms with E-state index in [0.717, 1.165) is 61.4 Å². The molecule has 0 radical (unpaired) electrons. The van der Waals surface area contributed by atoms with Crippen LogP contribution in [0.3, 0.4) is 0 Å². The normalized spacial score (nSPS) is 16.1. The molecule has 1 aromatic heterocycles. The van der Waals surface area contributed by atoms with Crippen molar-refractivity contribution in [2.24, 2.45) is 5.92 Å². The molecule has 2 heterocycles. The molecule has 0 bridgehead atoms. The fourth-order valence-electron chi connectivity index (χ4n) is 3.82. The number of hydrogen-bond donors (Lipinski definition) is 0. The van der Waals surface area contributed by atoms with E-state index in [9.17, 15) is 4.79 Å². The molecular weight excluding hydrogens is 374 g/mol. The molecule has 2 aliphatic rings. The van der Waals surface area contributed by atoms with Crippen LogP contribution in [0.1, 0.15) is 35.2 Å². The van der Waals surface area contributed by atoms with Gasteiger partial charge in [-0.2, -0.15) is 0 Å². The van der Waals surface area contributed by atoms with Crippen LogP contribution in [0.25, 0.3) is 11.4 Å². The highest BCUT2D eigenvalue weighted by Crippen LogP contribution is 2.30. The lowest BCUT2D eigenvalue weighted by molar-refractivity contribution is -0.150. The highest BCUT2D eigenvalue weighted by atomic mass is 16.5. The van der Waals surface area contributed by atoms with E-state index in [1.807, 2.05) is 12.3 Å². The molecule has 1 aliphatic carbocycles. The number of carbonyl (C=O) groups excluding carboxylic acids is 1. The zero-order chi connectivity index (χ0) is 20.3. The van der Waals surface area contributed by atoms with Crippen LogP contribution in [0.5, 0.6) is 0 Å². The first kappa shape index (κ1) is 18.9. The quantitative estimate of drug-likeness (QED) is 0.587. The van der Waals surface area contributed by atoms with E-state index in [1.165, 1.54) is 11.1 Å². The monoisotopic (exact) mass is 399 g/mol. The molecule has 0 amide bonds. The van der Waals surface area contributed by atoms with Gasteiger partial charge in [0.2, 0.25) is 0 Å². The summed E-state index contributed by atoms with van der Waals surface area (Å²) < 4.78 is 5.41. The number of fused-ring (bicyclic) bond motifs is 1. The Labute approximate surface area is 176 Å². The van der Waals surface area contributed by atoms with Crippen LogP contribution < -0.4 is 0 Å². The first-order valence-electron chi connectivity index (χ1n) is 10.6. The topological polar surface area (TPSA) is 55.3 Å². The van der Waals surface area contributed by atoms with Gasteiger partial charge in [0.05, 0.1) is 11.6 Å². The van der Waals surface area contributed by atoms with Gasteiger partial charge in [-0.15, -0.1) is 0 Å². The highest BCUT2D eigenvalue weighted by Gasteiger charge is 2.31. The maximum absolute atomic E-state index is 11.7. The number of rotatable bonds is 6. The molecule has 0 saturated heterocycles. The number of aromatic nitrogens is 2. The minimum Gasteiger partial charge on any atom is -0.449 e. The fraction of sp³-hybridized carbons (Fsp3) is 0.320. The summed E-state index contributed by atoms with van der Waals surface area (Å²) in [5.74, 6) is 0.865. The minimum atomic E-state index is -0.0527. The van der Waals surface area contributed by atoms with Crippen LogP contribution in [0.4, 0.5) is 0 Å². The zero-order valence-electron chi connectivity index (χ0n) is 17.0. The Morgan fingerprint density at radius 1 is 1.03 bits per heavy atom. The van der Waals surface area contributed by atoms with E-state index in [4.69, 9.17) is 9.72 Å². The van der Waals surface area contributed by atoms with Gasteiger partial charge in [0, 0.05) is 36.8 Å². The summed E-state index contributed by atoms with van der Waals surface area (Å²) in [4.78, 5) is 23.3. The molecule has 0 N–H and O–H groups in total. The maximum atomic E-state index is 11.7. The van der Waals surface area contributed by atoms with Crippen molar-refractivity contribution in [1.29, 1.82) is 0 Å². The molecule has 0 spiro atoms. The van der Waals surface area contributed by atoms with Crippen molar-refractivity contribution < 1.29 is 9.53 Å². The summed E-state index contributed by atoms with van der Waals surface area (Å²) in [5, 5.41) is 0. The number of hydrogen-bond acceptors (Lipinski definition) is 5. The lowest BCUT2D eigenvalue weighted by Gasteiger charge is -2.27. The SMILES string of the molecule is O=C(OCN1CCc2nc(-c3ccc(Cc4ccccc4)cc3)ncc2C1)C1CC1. The van der Waals surface area contributed by atoms with Gasteiger partial charge in [-0.05, 0) is 30.4 Å². The van der Waals surface area contributed by atoms with Crippen molar-refractivity contribution >= 4 is 5.97 Å². The van der Waals surface area contributed by atoms with Gasteiger partial charge in [0.15, 0.2) is 5.82 Å². The number of esters is 1. The third kappa shape index (κ3) is 4.41. The second-order valence-electron chi connectivity index (χ2n) is 8.19. The summed E-state index contributed by atoms with van der Waals surface area (Å²) in [6, 6.07) is 19.0. The van der Waals surface area contributed by atoms with Crippen LogP contribution in [-0.4, -0.2) is 34.1 Å². The fourth-order valence-corrected chi connectivity index (χ4v) is 3.82. The number of nitrogens with zero attached hydrogens (tertiary/aromatic N) is 3. The maximum Gasteiger partial charge on any atom is 0.310 e. The lowest BCUT2D eigenvalue weighted by Crippen LogP contribution is -2.34. The first-order valence-corrected chi connectivity index (χ1v) is 10.6.